The predicted octanol–water partition coefficient (Wildman–Crippen LogP) is 1.69. The van der Waals surface area contributed by atoms with Gasteiger partial charge in [-0.25, -0.2) is 4.68 Å². The Hall–Kier alpha value is -2.96. The molecule has 0 saturated carbocycles. The first kappa shape index (κ1) is 15.6. The van der Waals surface area contributed by atoms with Crippen molar-refractivity contribution in [2.24, 2.45) is 0 Å². The first-order chi connectivity index (χ1) is 12.2. The molecule has 7 nitrogen and oxygen atoms in total. The molecule has 25 heavy (non-hydrogen) atoms. The van der Waals surface area contributed by atoms with Crippen LogP contribution >= 0.6 is 0 Å². The molecule has 1 aromatic carbocycles. The van der Waals surface area contributed by atoms with Gasteiger partial charge in [0.15, 0.2) is 0 Å². The molecule has 0 saturated heterocycles. The summed E-state index contributed by atoms with van der Waals surface area (Å²) in [6.45, 7) is 0.589. The molecule has 1 aliphatic carbocycles. The summed E-state index contributed by atoms with van der Waals surface area (Å²) in [4.78, 5) is 24.7. The Kier molecular flexibility index (Phi) is 4.05. The molecule has 0 unspecified atom stereocenters. The summed E-state index contributed by atoms with van der Waals surface area (Å²) in [5, 5.41) is 12.4. The molecule has 1 amide bonds. The number of aromatic nitrogens is 3. The van der Waals surface area contributed by atoms with E-state index in [0.29, 0.717) is 24.2 Å². The van der Waals surface area contributed by atoms with Crippen molar-refractivity contribution in [1.82, 2.24) is 20.3 Å². The second kappa shape index (κ2) is 6.51. The van der Waals surface area contributed by atoms with Crippen molar-refractivity contribution in [2.75, 3.05) is 6.54 Å². The minimum atomic E-state index is -0.288. The second-order valence-corrected chi connectivity index (χ2v) is 6.16. The Morgan fingerprint density at radius 1 is 1.24 bits per heavy atom. The van der Waals surface area contributed by atoms with Gasteiger partial charge in [0, 0.05) is 17.5 Å². The zero-order valence-electron chi connectivity index (χ0n) is 13.7. The van der Waals surface area contributed by atoms with Gasteiger partial charge in [-0.15, -0.1) is 0 Å². The smallest absolute Gasteiger partial charge is 0.290 e. The van der Waals surface area contributed by atoms with Crippen molar-refractivity contribution in [3.05, 3.63) is 57.8 Å². The van der Waals surface area contributed by atoms with Gasteiger partial charge in [0.05, 0.1) is 23.8 Å². The van der Waals surface area contributed by atoms with E-state index >= 15 is 0 Å². The summed E-state index contributed by atoms with van der Waals surface area (Å²) in [5.74, 6) is 0.0120. The van der Waals surface area contributed by atoms with Gasteiger partial charge in [0.25, 0.3) is 11.5 Å². The van der Waals surface area contributed by atoms with E-state index in [1.165, 1.54) is 4.68 Å². The molecule has 3 aromatic rings. The predicted molar refractivity (Wildman–Crippen MR) is 91.5 cm³/mol. The quantitative estimate of drug-likeness (QED) is 0.782. The van der Waals surface area contributed by atoms with E-state index in [2.05, 4.69) is 15.6 Å². The van der Waals surface area contributed by atoms with Crippen LogP contribution in [0.1, 0.15) is 34.7 Å². The summed E-state index contributed by atoms with van der Waals surface area (Å²) < 4.78 is 6.58. The second-order valence-electron chi connectivity index (χ2n) is 6.16. The van der Waals surface area contributed by atoms with Crippen LogP contribution in [0.3, 0.4) is 0 Å². The highest BCUT2D eigenvalue weighted by molar-refractivity contribution is 5.93. The number of aryl methyl sites for hydroxylation is 1. The summed E-state index contributed by atoms with van der Waals surface area (Å²) >= 11 is 0. The van der Waals surface area contributed by atoms with Crippen LogP contribution in [-0.2, 0) is 19.4 Å². The molecular weight excluding hydrogens is 320 g/mol. The average Bonchev–Trinajstić information content (AvgIpc) is 3.08. The Labute approximate surface area is 143 Å². The van der Waals surface area contributed by atoms with Crippen LogP contribution in [0.4, 0.5) is 0 Å². The maximum atomic E-state index is 12.4. The van der Waals surface area contributed by atoms with Crippen LogP contribution < -0.4 is 10.9 Å². The molecule has 2 heterocycles. The first-order valence-electron chi connectivity index (χ1n) is 8.44. The lowest BCUT2D eigenvalue weighted by Crippen LogP contribution is -2.32. The molecule has 128 valence electrons. The maximum absolute atomic E-state index is 12.4. The molecule has 0 aliphatic heterocycles. The molecule has 1 aliphatic rings. The fraction of sp³-hybridized carbons (Fsp3) is 0.333. The number of benzene rings is 1. The molecule has 1 N–H and O–H groups in total. The lowest BCUT2D eigenvalue weighted by Gasteiger charge is -2.10. The molecular formula is C18H18N4O3. The van der Waals surface area contributed by atoms with E-state index in [1.54, 1.807) is 12.3 Å². The fourth-order valence-electron chi connectivity index (χ4n) is 3.21. The number of carbonyl (C=O) groups is 1. The SMILES string of the molecule is O=C(NCCn1ncc2ccccc2c1=O)c1onc2c1CCCC2. The lowest BCUT2D eigenvalue weighted by molar-refractivity contribution is 0.0913. The van der Waals surface area contributed by atoms with E-state index in [0.717, 1.165) is 42.3 Å². The van der Waals surface area contributed by atoms with Gasteiger partial charge in [-0.2, -0.15) is 5.10 Å². The first-order valence-corrected chi connectivity index (χ1v) is 8.44. The lowest BCUT2D eigenvalue weighted by atomic mass is 9.96. The number of amides is 1. The van der Waals surface area contributed by atoms with Crippen LogP contribution in [0.25, 0.3) is 10.8 Å². The Balaban J connectivity index is 1.44. The molecule has 0 bridgehead atoms. The minimum Gasteiger partial charge on any atom is -0.350 e. The zero-order valence-corrected chi connectivity index (χ0v) is 13.7. The third kappa shape index (κ3) is 2.93. The summed E-state index contributed by atoms with van der Waals surface area (Å²) in [6, 6.07) is 7.31. The third-order valence-corrected chi connectivity index (χ3v) is 4.54. The number of hydrogen-bond donors (Lipinski definition) is 1. The largest absolute Gasteiger partial charge is 0.350 e. The van der Waals surface area contributed by atoms with Gasteiger partial charge in [-0.1, -0.05) is 23.4 Å². The monoisotopic (exact) mass is 338 g/mol. The van der Waals surface area contributed by atoms with E-state index in [4.69, 9.17) is 4.52 Å². The van der Waals surface area contributed by atoms with Gasteiger partial charge >= 0.3 is 0 Å². The normalized spacial score (nSPS) is 13.6. The van der Waals surface area contributed by atoms with E-state index in [1.807, 2.05) is 18.2 Å². The van der Waals surface area contributed by atoms with Crippen LogP contribution in [0, 0.1) is 0 Å². The van der Waals surface area contributed by atoms with Crippen molar-refractivity contribution in [3.63, 3.8) is 0 Å². The molecule has 4 rings (SSSR count). The maximum Gasteiger partial charge on any atom is 0.290 e. The van der Waals surface area contributed by atoms with Crippen molar-refractivity contribution in [1.29, 1.82) is 0 Å². The highest BCUT2D eigenvalue weighted by Crippen LogP contribution is 2.23. The van der Waals surface area contributed by atoms with Gasteiger partial charge < -0.3 is 9.84 Å². The molecule has 7 heteroatoms. The van der Waals surface area contributed by atoms with Crippen molar-refractivity contribution < 1.29 is 9.32 Å². The number of hydrogen-bond acceptors (Lipinski definition) is 5. The molecule has 0 atom stereocenters. The van der Waals surface area contributed by atoms with Crippen molar-refractivity contribution in [2.45, 2.75) is 32.2 Å². The highest BCUT2D eigenvalue weighted by atomic mass is 16.5. The average molecular weight is 338 g/mol. The number of nitrogens with zero attached hydrogens (tertiary/aromatic N) is 3. The third-order valence-electron chi connectivity index (χ3n) is 4.54. The number of fused-ring (bicyclic) bond motifs is 2. The van der Waals surface area contributed by atoms with Crippen LogP contribution in [0.15, 0.2) is 39.8 Å². The molecule has 0 spiro atoms. The Morgan fingerprint density at radius 2 is 2.08 bits per heavy atom. The Morgan fingerprint density at radius 3 is 3.00 bits per heavy atom. The summed E-state index contributed by atoms with van der Waals surface area (Å²) in [6.07, 6.45) is 5.48. The van der Waals surface area contributed by atoms with Gasteiger partial charge in [-0.3, -0.25) is 9.59 Å². The molecule has 0 radical (unpaired) electrons. The van der Waals surface area contributed by atoms with E-state index in [9.17, 15) is 9.59 Å². The van der Waals surface area contributed by atoms with Crippen LogP contribution in [0.5, 0.6) is 0 Å². The summed E-state index contributed by atoms with van der Waals surface area (Å²) in [5.41, 5.74) is 1.65. The number of rotatable bonds is 4. The topological polar surface area (TPSA) is 90.0 Å². The number of nitrogens with one attached hydrogen (secondary N) is 1. The fourth-order valence-corrected chi connectivity index (χ4v) is 3.21. The van der Waals surface area contributed by atoms with Crippen molar-refractivity contribution >= 4 is 16.7 Å². The zero-order chi connectivity index (χ0) is 17.2. The van der Waals surface area contributed by atoms with E-state index in [-0.39, 0.29) is 11.5 Å². The molecule has 2 aromatic heterocycles. The highest BCUT2D eigenvalue weighted by Gasteiger charge is 2.23. The molecule has 0 fully saturated rings. The van der Waals surface area contributed by atoms with Crippen LogP contribution in [0.2, 0.25) is 0 Å². The number of carbonyl (C=O) groups excluding carboxylic acids is 1. The standard InChI is InChI=1S/C18H18N4O3/c23-17(16-14-7-3-4-8-15(14)21-25-16)19-9-10-22-18(24)13-6-2-1-5-12(13)11-20-22/h1-2,5-6,11H,3-4,7-10H2,(H,19,23). The van der Waals surface area contributed by atoms with Gasteiger partial charge in [0.2, 0.25) is 5.76 Å². The van der Waals surface area contributed by atoms with Crippen LogP contribution in [-0.4, -0.2) is 27.4 Å². The van der Waals surface area contributed by atoms with E-state index < -0.39 is 0 Å². The minimum absolute atomic E-state index is 0.163. The summed E-state index contributed by atoms with van der Waals surface area (Å²) in [7, 11) is 0. The van der Waals surface area contributed by atoms with Gasteiger partial charge in [0.1, 0.15) is 0 Å². The van der Waals surface area contributed by atoms with Crippen molar-refractivity contribution in [3.8, 4) is 0 Å². The van der Waals surface area contributed by atoms with Gasteiger partial charge in [-0.05, 0) is 31.7 Å². The Bertz CT molecular complexity index is 989.